The number of methoxy groups -OCH3 is 1. The van der Waals surface area contributed by atoms with E-state index in [-0.39, 0.29) is 23.7 Å². The number of likely N-dealkylation sites (tertiary alicyclic amines) is 1. The Morgan fingerprint density at radius 2 is 2.06 bits per heavy atom. The van der Waals surface area contributed by atoms with Crippen LogP contribution in [-0.2, 0) is 14.3 Å². The molecule has 1 heterocycles. The van der Waals surface area contributed by atoms with E-state index in [1.165, 1.54) is 7.11 Å². The van der Waals surface area contributed by atoms with E-state index in [4.69, 9.17) is 10.00 Å². The molecule has 1 aliphatic heterocycles. The molecule has 1 saturated heterocycles. The lowest BCUT2D eigenvalue weighted by atomic mass is 9.99. The molecule has 17 heavy (non-hydrogen) atoms. The van der Waals surface area contributed by atoms with E-state index in [9.17, 15) is 9.59 Å². The van der Waals surface area contributed by atoms with Gasteiger partial charge in [-0.25, -0.2) is 0 Å². The molecule has 5 heteroatoms. The van der Waals surface area contributed by atoms with Crippen molar-refractivity contribution in [3.05, 3.63) is 0 Å². The van der Waals surface area contributed by atoms with Crippen LogP contribution in [-0.4, -0.2) is 37.0 Å². The molecule has 1 saturated carbocycles. The Labute approximate surface area is 100 Å². The molecule has 1 aliphatic carbocycles. The zero-order valence-corrected chi connectivity index (χ0v) is 10.1. The number of nitrogens with zero attached hydrogens (tertiary/aromatic N) is 2. The summed E-state index contributed by atoms with van der Waals surface area (Å²) in [7, 11) is 1.36. The molecule has 2 atom stereocenters. The van der Waals surface area contributed by atoms with E-state index in [0.29, 0.717) is 25.9 Å². The minimum atomic E-state index is -0.787. The van der Waals surface area contributed by atoms with Gasteiger partial charge in [-0.3, -0.25) is 9.59 Å². The highest BCUT2D eigenvalue weighted by Gasteiger charge is 2.54. The first-order valence-corrected chi connectivity index (χ1v) is 5.82. The second-order valence-corrected chi connectivity index (χ2v) is 5.01. The van der Waals surface area contributed by atoms with Gasteiger partial charge in [-0.2, -0.15) is 5.26 Å². The number of esters is 1. The average Bonchev–Trinajstić information content (AvgIpc) is 3.05. The van der Waals surface area contributed by atoms with Crippen molar-refractivity contribution in [2.24, 2.45) is 17.3 Å². The third-order valence-corrected chi connectivity index (χ3v) is 3.78. The van der Waals surface area contributed by atoms with Gasteiger partial charge in [0.2, 0.25) is 5.91 Å². The van der Waals surface area contributed by atoms with Gasteiger partial charge in [0.05, 0.1) is 19.1 Å². The number of amides is 1. The number of hydrogen-bond acceptors (Lipinski definition) is 4. The van der Waals surface area contributed by atoms with E-state index in [1.54, 1.807) is 4.90 Å². The van der Waals surface area contributed by atoms with Crippen LogP contribution < -0.4 is 0 Å². The molecule has 0 aromatic carbocycles. The van der Waals surface area contributed by atoms with Crippen molar-refractivity contribution >= 4 is 11.9 Å². The molecule has 0 aromatic heterocycles. The minimum Gasteiger partial charge on any atom is -0.469 e. The lowest BCUT2D eigenvalue weighted by Gasteiger charge is -2.18. The first kappa shape index (κ1) is 11.9. The Kier molecular flexibility index (Phi) is 2.82. The molecule has 2 aliphatic rings. The van der Waals surface area contributed by atoms with Gasteiger partial charge in [-0.15, -0.1) is 0 Å². The van der Waals surface area contributed by atoms with Crippen LogP contribution in [0.4, 0.5) is 0 Å². The van der Waals surface area contributed by atoms with Crippen LogP contribution >= 0.6 is 0 Å². The highest BCUT2D eigenvalue weighted by Crippen LogP contribution is 2.47. The first-order valence-electron chi connectivity index (χ1n) is 5.82. The van der Waals surface area contributed by atoms with E-state index in [2.05, 4.69) is 6.07 Å². The molecule has 0 bridgehead atoms. The van der Waals surface area contributed by atoms with Crippen molar-refractivity contribution in [3.8, 4) is 6.07 Å². The molecular weight excluding hydrogens is 220 g/mol. The number of hydrogen-bond donors (Lipinski definition) is 0. The van der Waals surface area contributed by atoms with Crippen molar-refractivity contribution in [3.63, 3.8) is 0 Å². The second kappa shape index (κ2) is 4.02. The SMILES string of the molecule is COC(=O)C1CN(C(=O)C2(C#N)CC2)CC1C. The van der Waals surface area contributed by atoms with E-state index < -0.39 is 5.41 Å². The fourth-order valence-corrected chi connectivity index (χ4v) is 2.39. The van der Waals surface area contributed by atoms with Crippen LogP contribution in [0, 0.1) is 28.6 Å². The Bertz CT molecular complexity index is 395. The summed E-state index contributed by atoms with van der Waals surface area (Å²) in [5.74, 6) is -0.535. The van der Waals surface area contributed by atoms with Gasteiger partial charge < -0.3 is 9.64 Å². The summed E-state index contributed by atoms with van der Waals surface area (Å²) in [5, 5.41) is 8.99. The summed E-state index contributed by atoms with van der Waals surface area (Å²) >= 11 is 0. The smallest absolute Gasteiger partial charge is 0.310 e. The fourth-order valence-electron chi connectivity index (χ4n) is 2.39. The van der Waals surface area contributed by atoms with Crippen molar-refractivity contribution in [1.29, 1.82) is 5.26 Å². The van der Waals surface area contributed by atoms with Gasteiger partial charge in [0.25, 0.3) is 0 Å². The quantitative estimate of drug-likeness (QED) is 0.657. The Balaban J connectivity index is 2.05. The third kappa shape index (κ3) is 1.88. The fraction of sp³-hybridized carbons (Fsp3) is 0.750. The summed E-state index contributed by atoms with van der Waals surface area (Å²) in [6.45, 7) is 2.86. The topological polar surface area (TPSA) is 70.4 Å². The zero-order valence-electron chi connectivity index (χ0n) is 10.1. The molecule has 2 rings (SSSR count). The number of nitriles is 1. The summed E-state index contributed by atoms with van der Waals surface area (Å²) in [6, 6.07) is 2.09. The summed E-state index contributed by atoms with van der Waals surface area (Å²) in [4.78, 5) is 25.3. The third-order valence-electron chi connectivity index (χ3n) is 3.78. The molecule has 1 amide bonds. The molecule has 0 N–H and O–H groups in total. The molecule has 0 radical (unpaired) electrons. The van der Waals surface area contributed by atoms with Crippen molar-refractivity contribution in [2.45, 2.75) is 19.8 Å². The maximum absolute atomic E-state index is 12.1. The maximum atomic E-state index is 12.1. The Morgan fingerprint density at radius 3 is 2.53 bits per heavy atom. The molecular formula is C12H16N2O3. The van der Waals surface area contributed by atoms with E-state index in [1.807, 2.05) is 6.92 Å². The minimum absolute atomic E-state index is 0.0980. The van der Waals surface area contributed by atoms with Gasteiger partial charge in [-0.05, 0) is 18.8 Å². The maximum Gasteiger partial charge on any atom is 0.310 e. The van der Waals surface area contributed by atoms with Crippen molar-refractivity contribution in [2.75, 3.05) is 20.2 Å². The highest BCUT2D eigenvalue weighted by atomic mass is 16.5. The van der Waals surface area contributed by atoms with Crippen molar-refractivity contribution < 1.29 is 14.3 Å². The van der Waals surface area contributed by atoms with Crippen LogP contribution in [0.3, 0.4) is 0 Å². The molecule has 2 fully saturated rings. The highest BCUT2D eigenvalue weighted by molar-refractivity contribution is 5.89. The summed E-state index contributed by atoms with van der Waals surface area (Å²) in [5.41, 5.74) is -0.787. The number of carbonyl (C=O) groups is 2. The van der Waals surface area contributed by atoms with Gasteiger partial charge in [0.1, 0.15) is 5.41 Å². The second-order valence-electron chi connectivity index (χ2n) is 5.01. The summed E-state index contributed by atoms with van der Waals surface area (Å²) in [6.07, 6.45) is 1.30. The monoisotopic (exact) mass is 236 g/mol. The number of ether oxygens (including phenoxy) is 1. The Hall–Kier alpha value is -1.57. The van der Waals surface area contributed by atoms with E-state index >= 15 is 0 Å². The van der Waals surface area contributed by atoms with Crippen molar-refractivity contribution in [1.82, 2.24) is 4.90 Å². The van der Waals surface area contributed by atoms with Gasteiger partial charge in [-0.1, -0.05) is 6.92 Å². The number of carbonyl (C=O) groups excluding carboxylic acids is 2. The van der Waals surface area contributed by atoms with Crippen LogP contribution in [0.25, 0.3) is 0 Å². The van der Waals surface area contributed by atoms with E-state index in [0.717, 1.165) is 0 Å². The van der Waals surface area contributed by atoms with Gasteiger partial charge in [0, 0.05) is 13.1 Å². The molecule has 5 nitrogen and oxygen atoms in total. The molecule has 0 aromatic rings. The normalized spacial score (nSPS) is 29.6. The van der Waals surface area contributed by atoms with Crippen LogP contribution in [0.1, 0.15) is 19.8 Å². The van der Waals surface area contributed by atoms with Gasteiger partial charge >= 0.3 is 5.97 Å². The molecule has 92 valence electrons. The van der Waals surface area contributed by atoms with Gasteiger partial charge in [0.15, 0.2) is 0 Å². The lowest BCUT2D eigenvalue weighted by Crippen LogP contribution is -2.35. The van der Waals surface area contributed by atoms with Crippen LogP contribution in [0.15, 0.2) is 0 Å². The average molecular weight is 236 g/mol. The largest absolute Gasteiger partial charge is 0.469 e. The lowest BCUT2D eigenvalue weighted by molar-refractivity contribution is -0.146. The molecule has 0 spiro atoms. The molecule has 2 unspecified atom stereocenters. The zero-order chi connectivity index (χ0) is 12.6. The standard InChI is InChI=1S/C12H16N2O3/c1-8-5-14(6-9(8)10(15)17-2)11(16)12(7-13)3-4-12/h8-9H,3-6H2,1-2H3. The number of rotatable bonds is 2. The predicted molar refractivity (Wildman–Crippen MR) is 58.5 cm³/mol. The first-order chi connectivity index (χ1) is 8.04. The predicted octanol–water partition coefficient (Wildman–Crippen LogP) is 0.558. The summed E-state index contributed by atoms with van der Waals surface area (Å²) < 4.78 is 4.72. The van der Waals surface area contributed by atoms with Crippen LogP contribution in [0.5, 0.6) is 0 Å². The Morgan fingerprint density at radius 1 is 1.41 bits per heavy atom. The van der Waals surface area contributed by atoms with Crippen LogP contribution in [0.2, 0.25) is 0 Å².